The summed E-state index contributed by atoms with van der Waals surface area (Å²) in [6.07, 6.45) is 5.76. The van der Waals surface area contributed by atoms with Gasteiger partial charge in [0.15, 0.2) is 0 Å². The van der Waals surface area contributed by atoms with Crippen molar-refractivity contribution in [2.24, 2.45) is 11.7 Å². The molecule has 12 heavy (non-hydrogen) atoms. The minimum Gasteiger partial charge on any atom is -0.393 e. The molecule has 0 atom stereocenters. The number of rotatable bonds is 7. The van der Waals surface area contributed by atoms with Crippen molar-refractivity contribution in [2.45, 2.75) is 32.1 Å². The minimum atomic E-state index is 0.622. The summed E-state index contributed by atoms with van der Waals surface area (Å²) in [5.74, 6) is 0.876. The van der Waals surface area contributed by atoms with Crippen LogP contribution in [0.25, 0.3) is 0 Å². The Hall–Kier alpha value is -0.150. The molecule has 0 aliphatic heterocycles. The molecular formula is C9H17NOS. The van der Waals surface area contributed by atoms with Crippen LogP contribution >= 0.6 is 12.2 Å². The summed E-state index contributed by atoms with van der Waals surface area (Å²) in [4.78, 5) is 0.622. The van der Waals surface area contributed by atoms with Crippen LogP contribution < -0.4 is 5.73 Å². The van der Waals surface area contributed by atoms with Crippen molar-refractivity contribution in [3.63, 3.8) is 0 Å². The average Bonchev–Trinajstić information content (AvgIpc) is 2.79. The molecule has 2 nitrogen and oxygen atoms in total. The summed E-state index contributed by atoms with van der Waals surface area (Å²) in [7, 11) is 0. The molecule has 0 saturated heterocycles. The molecule has 0 spiro atoms. The molecular weight excluding hydrogens is 170 g/mol. The van der Waals surface area contributed by atoms with Crippen molar-refractivity contribution in [3.8, 4) is 0 Å². The van der Waals surface area contributed by atoms with Gasteiger partial charge in [-0.05, 0) is 38.0 Å². The lowest BCUT2D eigenvalue weighted by atomic mass is 10.2. The van der Waals surface area contributed by atoms with E-state index in [0.29, 0.717) is 4.99 Å². The Kier molecular flexibility index (Phi) is 4.54. The van der Waals surface area contributed by atoms with Crippen molar-refractivity contribution in [1.82, 2.24) is 0 Å². The van der Waals surface area contributed by atoms with Crippen molar-refractivity contribution in [1.29, 1.82) is 0 Å². The number of ether oxygens (including phenoxy) is 1. The molecule has 0 heterocycles. The van der Waals surface area contributed by atoms with Gasteiger partial charge in [0.2, 0.25) is 0 Å². The smallest absolute Gasteiger partial charge is 0.0727 e. The molecule has 3 heteroatoms. The average molecular weight is 187 g/mol. The molecule has 0 unspecified atom stereocenters. The molecule has 1 aliphatic carbocycles. The van der Waals surface area contributed by atoms with E-state index in [0.717, 1.165) is 38.4 Å². The molecule has 1 fully saturated rings. The number of hydrogen-bond acceptors (Lipinski definition) is 2. The lowest BCUT2D eigenvalue weighted by Crippen LogP contribution is -2.07. The van der Waals surface area contributed by atoms with Crippen LogP contribution in [0.2, 0.25) is 0 Å². The predicted octanol–water partition coefficient (Wildman–Crippen LogP) is 1.87. The zero-order valence-electron chi connectivity index (χ0n) is 7.42. The van der Waals surface area contributed by atoms with Crippen LogP contribution in [0.5, 0.6) is 0 Å². The fourth-order valence-corrected chi connectivity index (χ4v) is 1.18. The van der Waals surface area contributed by atoms with Crippen LogP contribution in [0.1, 0.15) is 32.1 Å². The van der Waals surface area contributed by atoms with Crippen LogP contribution in [-0.2, 0) is 4.74 Å². The van der Waals surface area contributed by atoms with Crippen LogP contribution in [0.4, 0.5) is 0 Å². The van der Waals surface area contributed by atoms with Gasteiger partial charge in [0, 0.05) is 13.2 Å². The third-order valence-corrected chi connectivity index (χ3v) is 2.22. The first kappa shape index (κ1) is 9.93. The maximum Gasteiger partial charge on any atom is 0.0727 e. The molecule has 0 aromatic rings. The molecule has 0 amide bonds. The van der Waals surface area contributed by atoms with Crippen molar-refractivity contribution < 1.29 is 4.74 Å². The second kappa shape index (κ2) is 5.49. The highest BCUT2D eigenvalue weighted by atomic mass is 32.1. The van der Waals surface area contributed by atoms with E-state index in [2.05, 4.69) is 0 Å². The number of unbranched alkanes of at least 4 members (excludes halogenated alkanes) is 1. The predicted molar refractivity (Wildman–Crippen MR) is 54.2 cm³/mol. The lowest BCUT2D eigenvalue weighted by Gasteiger charge is -2.01. The van der Waals surface area contributed by atoms with Gasteiger partial charge >= 0.3 is 0 Å². The number of thiocarbonyl (C=S) groups is 1. The van der Waals surface area contributed by atoms with E-state index in [1.807, 2.05) is 0 Å². The molecule has 0 aromatic carbocycles. The quantitative estimate of drug-likeness (QED) is 0.488. The Morgan fingerprint density at radius 2 is 2.17 bits per heavy atom. The highest BCUT2D eigenvalue weighted by Crippen LogP contribution is 2.28. The van der Waals surface area contributed by atoms with E-state index in [4.69, 9.17) is 22.7 Å². The van der Waals surface area contributed by atoms with Crippen LogP contribution in [0, 0.1) is 5.92 Å². The standard InChI is InChI=1S/C9H17NOS/c10-9(12)3-1-2-6-11-7-8-4-5-8/h8H,1-7H2,(H2,10,12). The number of nitrogens with two attached hydrogens (primary N) is 1. The summed E-state index contributed by atoms with van der Waals surface area (Å²) in [5, 5.41) is 0. The summed E-state index contributed by atoms with van der Waals surface area (Å²) in [5.41, 5.74) is 5.36. The number of hydrogen-bond donors (Lipinski definition) is 1. The highest BCUT2D eigenvalue weighted by Gasteiger charge is 2.20. The maximum absolute atomic E-state index is 5.46. The molecule has 0 aromatic heterocycles. The summed E-state index contributed by atoms with van der Waals surface area (Å²) >= 11 is 4.76. The minimum absolute atomic E-state index is 0.622. The summed E-state index contributed by atoms with van der Waals surface area (Å²) in [6, 6.07) is 0. The van der Waals surface area contributed by atoms with Gasteiger partial charge in [-0.25, -0.2) is 0 Å². The van der Waals surface area contributed by atoms with E-state index in [1.165, 1.54) is 12.8 Å². The van der Waals surface area contributed by atoms with Gasteiger partial charge in [0.1, 0.15) is 0 Å². The Morgan fingerprint density at radius 3 is 2.75 bits per heavy atom. The maximum atomic E-state index is 5.46. The van der Waals surface area contributed by atoms with Gasteiger partial charge in [-0.2, -0.15) is 0 Å². The second-order valence-corrected chi connectivity index (χ2v) is 3.97. The van der Waals surface area contributed by atoms with Crippen molar-refractivity contribution >= 4 is 17.2 Å². The van der Waals surface area contributed by atoms with Crippen LogP contribution in [0.3, 0.4) is 0 Å². The zero-order chi connectivity index (χ0) is 8.81. The molecule has 2 N–H and O–H groups in total. The summed E-state index contributed by atoms with van der Waals surface area (Å²) in [6.45, 7) is 1.84. The lowest BCUT2D eigenvalue weighted by molar-refractivity contribution is 0.121. The van der Waals surface area contributed by atoms with Crippen LogP contribution in [-0.4, -0.2) is 18.2 Å². The Balaban J connectivity index is 1.73. The van der Waals surface area contributed by atoms with Crippen molar-refractivity contribution in [3.05, 3.63) is 0 Å². The first-order valence-electron chi connectivity index (χ1n) is 4.65. The van der Waals surface area contributed by atoms with Gasteiger partial charge in [-0.15, -0.1) is 0 Å². The molecule has 1 aliphatic rings. The summed E-state index contributed by atoms with van der Waals surface area (Å²) < 4.78 is 5.46. The van der Waals surface area contributed by atoms with E-state index < -0.39 is 0 Å². The SMILES string of the molecule is NC(=S)CCCCOCC1CC1. The van der Waals surface area contributed by atoms with Gasteiger partial charge < -0.3 is 10.5 Å². The normalized spacial score (nSPS) is 16.3. The van der Waals surface area contributed by atoms with E-state index in [1.54, 1.807) is 0 Å². The second-order valence-electron chi connectivity index (χ2n) is 3.44. The highest BCUT2D eigenvalue weighted by molar-refractivity contribution is 7.80. The van der Waals surface area contributed by atoms with Crippen molar-refractivity contribution in [2.75, 3.05) is 13.2 Å². The fourth-order valence-electron chi connectivity index (χ4n) is 1.04. The van der Waals surface area contributed by atoms with Gasteiger partial charge in [-0.3, -0.25) is 0 Å². The monoisotopic (exact) mass is 187 g/mol. The third kappa shape index (κ3) is 5.49. The first-order chi connectivity index (χ1) is 5.79. The van der Waals surface area contributed by atoms with Gasteiger partial charge in [0.05, 0.1) is 4.99 Å². The van der Waals surface area contributed by atoms with E-state index in [9.17, 15) is 0 Å². The Bertz CT molecular complexity index is 145. The first-order valence-corrected chi connectivity index (χ1v) is 5.06. The molecule has 70 valence electrons. The van der Waals surface area contributed by atoms with Gasteiger partial charge in [0.25, 0.3) is 0 Å². The fraction of sp³-hybridized carbons (Fsp3) is 0.889. The third-order valence-electron chi connectivity index (χ3n) is 2.01. The van der Waals surface area contributed by atoms with Crippen LogP contribution in [0.15, 0.2) is 0 Å². The molecule has 0 radical (unpaired) electrons. The van der Waals surface area contributed by atoms with E-state index >= 15 is 0 Å². The Morgan fingerprint density at radius 1 is 1.42 bits per heavy atom. The molecule has 1 rings (SSSR count). The van der Waals surface area contributed by atoms with E-state index in [-0.39, 0.29) is 0 Å². The molecule has 0 bridgehead atoms. The molecule has 1 saturated carbocycles. The largest absolute Gasteiger partial charge is 0.393 e. The topological polar surface area (TPSA) is 35.2 Å². The van der Waals surface area contributed by atoms with Gasteiger partial charge in [-0.1, -0.05) is 12.2 Å². The zero-order valence-corrected chi connectivity index (χ0v) is 8.24. The Labute approximate surface area is 79.5 Å².